The Morgan fingerprint density at radius 2 is 1.55 bits per heavy atom. The smallest absolute Gasteiger partial charge is 0.323 e. The summed E-state index contributed by atoms with van der Waals surface area (Å²) in [6.45, 7) is 18.8. The van der Waals surface area contributed by atoms with Gasteiger partial charge in [-0.25, -0.2) is 0 Å². The Hall–Kier alpha value is -2.82. The zero-order valence-corrected chi connectivity index (χ0v) is 21.3. The molecule has 0 bridgehead atoms. The highest BCUT2D eigenvalue weighted by molar-refractivity contribution is 5.90. The van der Waals surface area contributed by atoms with E-state index < -0.39 is 5.92 Å². The second-order valence-corrected chi connectivity index (χ2v) is 11.0. The minimum absolute atomic E-state index is 0.0588. The first-order valence-electron chi connectivity index (χ1n) is 11.5. The first kappa shape index (κ1) is 24.8. The lowest BCUT2D eigenvalue weighted by atomic mass is 9.77. The van der Waals surface area contributed by atoms with Gasteiger partial charge in [-0.3, -0.25) is 9.59 Å². The molecule has 2 aromatic rings. The van der Waals surface area contributed by atoms with Crippen molar-refractivity contribution in [3.8, 4) is 11.5 Å². The van der Waals surface area contributed by atoms with E-state index in [1.165, 1.54) is 12.5 Å². The zero-order chi connectivity index (χ0) is 24.7. The number of rotatable bonds is 5. The summed E-state index contributed by atoms with van der Waals surface area (Å²) in [7, 11) is 0. The molecule has 5 heteroatoms. The first-order chi connectivity index (χ1) is 15.2. The summed E-state index contributed by atoms with van der Waals surface area (Å²) in [4.78, 5) is 24.1. The highest BCUT2D eigenvalue weighted by Gasteiger charge is 2.39. The van der Waals surface area contributed by atoms with Gasteiger partial charge in [0.25, 0.3) is 0 Å². The predicted molar refractivity (Wildman–Crippen MR) is 129 cm³/mol. The highest BCUT2D eigenvalue weighted by atomic mass is 16.6. The molecule has 0 aliphatic carbocycles. The van der Waals surface area contributed by atoms with Crippen LogP contribution in [0.5, 0.6) is 11.5 Å². The molecule has 1 atom stereocenters. The maximum atomic E-state index is 13.2. The van der Waals surface area contributed by atoms with E-state index in [0.29, 0.717) is 5.75 Å². The molecule has 0 fully saturated rings. The van der Waals surface area contributed by atoms with Crippen LogP contribution in [-0.4, -0.2) is 25.2 Å². The lowest BCUT2D eigenvalue weighted by molar-refractivity contribution is -0.141. The fraction of sp³-hybridized carbons (Fsp3) is 0.500. The summed E-state index contributed by atoms with van der Waals surface area (Å²) in [6, 6.07) is 8.31. The van der Waals surface area contributed by atoms with Crippen molar-refractivity contribution in [1.29, 1.82) is 0 Å². The second kappa shape index (κ2) is 8.85. The lowest BCUT2D eigenvalue weighted by Crippen LogP contribution is -2.17. The third-order valence-electron chi connectivity index (χ3n) is 5.99. The van der Waals surface area contributed by atoms with E-state index in [1.807, 2.05) is 26.0 Å². The summed E-state index contributed by atoms with van der Waals surface area (Å²) >= 11 is 0. The molecule has 0 spiro atoms. The summed E-state index contributed by atoms with van der Waals surface area (Å²) in [5.41, 5.74) is 5.71. The summed E-state index contributed by atoms with van der Waals surface area (Å²) < 4.78 is 16.7. The molecular formula is C28H36O5. The van der Waals surface area contributed by atoms with E-state index in [1.54, 1.807) is 0 Å². The average molecular weight is 453 g/mol. The summed E-state index contributed by atoms with van der Waals surface area (Å²) in [6.07, 6.45) is 0. The molecule has 1 unspecified atom stereocenters. The lowest BCUT2D eigenvalue weighted by Gasteiger charge is -2.27. The van der Waals surface area contributed by atoms with Crippen molar-refractivity contribution in [2.75, 3.05) is 13.2 Å². The highest BCUT2D eigenvalue weighted by Crippen LogP contribution is 2.47. The van der Waals surface area contributed by atoms with E-state index in [4.69, 9.17) is 14.2 Å². The molecule has 5 nitrogen and oxygen atoms in total. The van der Waals surface area contributed by atoms with Crippen LogP contribution in [0.15, 0.2) is 24.3 Å². The molecule has 0 aromatic heterocycles. The van der Waals surface area contributed by atoms with Crippen molar-refractivity contribution in [3.63, 3.8) is 0 Å². The van der Waals surface area contributed by atoms with Crippen LogP contribution >= 0.6 is 0 Å². The number of esters is 2. The van der Waals surface area contributed by atoms with Gasteiger partial charge in [0, 0.05) is 18.1 Å². The van der Waals surface area contributed by atoms with Gasteiger partial charge in [0.1, 0.15) is 30.6 Å². The van der Waals surface area contributed by atoms with Gasteiger partial charge in [-0.1, -0.05) is 65.8 Å². The summed E-state index contributed by atoms with van der Waals surface area (Å²) in [5, 5.41) is 0. The molecule has 0 N–H and O–H groups in total. The molecule has 33 heavy (non-hydrogen) atoms. The van der Waals surface area contributed by atoms with Gasteiger partial charge < -0.3 is 14.2 Å². The van der Waals surface area contributed by atoms with Gasteiger partial charge >= 0.3 is 11.9 Å². The van der Waals surface area contributed by atoms with Crippen LogP contribution < -0.4 is 9.47 Å². The third kappa shape index (κ3) is 5.23. The van der Waals surface area contributed by atoms with Crippen molar-refractivity contribution in [1.82, 2.24) is 0 Å². The zero-order valence-electron chi connectivity index (χ0n) is 21.3. The molecule has 0 amide bonds. The SMILES string of the molecule is CC(=O)OCCOc1c(C)cc(C2C(=O)Oc3c2cc(C(C)(C)C)cc3C(C)(C)C)cc1C. The largest absolute Gasteiger partial charge is 0.489 e. The Kier molecular flexibility index (Phi) is 6.65. The van der Waals surface area contributed by atoms with Crippen molar-refractivity contribution >= 4 is 11.9 Å². The fourth-order valence-corrected chi connectivity index (χ4v) is 4.28. The van der Waals surface area contributed by atoms with Gasteiger partial charge in [0.05, 0.1) is 0 Å². The molecule has 1 aliphatic heterocycles. The van der Waals surface area contributed by atoms with Crippen molar-refractivity contribution in [2.24, 2.45) is 0 Å². The minimum Gasteiger partial charge on any atom is -0.489 e. The molecule has 178 valence electrons. The van der Waals surface area contributed by atoms with Crippen LogP contribution in [-0.2, 0) is 25.2 Å². The minimum atomic E-state index is -0.476. The van der Waals surface area contributed by atoms with E-state index in [-0.39, 0.29) is 36.0 Å². The molecule has 0 radical (unpaired) electrons. The normalized spacial score (nSPS) is 15.8. The van der Waals surface area contributed by atoms with Gasteiger partial charge in [0.2, 0.25) is 0 Å². The topological polar surface area (TPSA) is 61.8 Å². The molecule has 0 saturated carbocycles. The van der Waals surface area contributed by atoms with E-state index in [9.17, 15) is 9.59 Å². The first-order valence-corrected chi connectivity index (χ1v) is 11.5. The van der Waals surface area contributed by atoms with Gasteiger partial charge in [-0.05, 0) is 46.9 Å². The number of benzene rings is 2. The van der Waals surface area contributed by atoms with Crippen molar-refractivity contribution < 1.29 is 23.8 Å². The van der Waals surface area contributed by atoms with Crippen LogP contribution in [0.4, 0.5) is 0 Å². The van der Waals surface area contributed by atoms with E-state index >= 15 is 0 Å². The Balaban J connectivity index is 2.04. The van der Waals surface area contributed by atoms with E-state index in [2.05, 4.69) is 53.7 Å². The maximum Gasteiger partial charge on any atom is 0.323 e. The monoisotopic (exact) mass is 452 g/mol. The Morgan fingerprint density at radius 3 is 2.06 bits per heavy atom. The van der Waals surface area contributed by atoms with Crippen LogP contribution in [0.2, 0.25) is 0 Å². The predicted octanol–water partition coefficient (Wildman–Crippen LogP) is 5.89. The van der Waals surface area contributed by atoms with Gasteiger partial charge in [-0.2, -0.15) is 0 Å². The fourth-order valence-electron chi connectivity index (χ4n) is 4.28. The Morgan fingerprint density at radius 1 is 0.939 bits per heavy atom. The number of hydrogen-bond donors (Lipinski definition) is 0. The number of hydrogen-bond acceptors (Lipinski definition) is 5. The van der Waals surface area contributed by atoms with Crippen molar-refractivity contribution in [3.05, 3.63) is 57.6 Å². The second-order valence-electron chi connectivity index (χ2n) is 11.0. The number of aryl methyl sites for hydroxylation is 2. The Bertz CT molecular complexity index is 1060. The van der Waals surface area contributed by atoms with E-state index in [0.717, 1.165) is 33.6 Å². The molecule has 1 heterocycles. The summed E-state index contributed by atoms with van der Waals surface area (Å²) in [5.74, 6) is 0.392. The average Bonchev–Trinajstić information content (AvgIpc) is 2.99. The quantitative estimate of drug-likeness (QED) is 0.321. The molecule has 0 saturated heterocycles. The molecule has 3 rings (SSSR count). The number of ether oxygens (including phenoxy) is 3. The number of carbonyl (C=O) groups is 2. The van der Waals surface area contributed by atoms with Gasteiger partial charge in [-0.15, -0.1) is 0 Å². The van der Waals surface area contributed by atoms with Crippen LogP contribution in [0.3, 0.4) is 0 Å². The molecule has 2 aromatic carbocycles. The standard InChI is InChI=1S/C28H36O5/c1-16-12-19(13-17(2)24(16)32-11-10-31-18(3)29)23-21-14-20(27(4,5)6)15-22(28(7,8)9)25(21)33-26(23)30/h12-15,23H,10-11H2,1-9H3. The maximum absolute atomic E-state index is 13.2. The number of carbonyl (C=O) groups excluding carboxylic acids is 2. The van der Waals surface area contributed by atoms with Crippen LogP contribution in [0.25, 0.3) is 0 Å². The molecule has 1 aliphatic rings. The third-order valence-corrected chi connectivity index (χ3v) is 5.99. The Labute approximate surface area is 197 Å². The molecular weight excluding hydrogens is 416 g/mol. The van der Waals surface area contributed by atoms with Crippen LogP contribution in [0, 0.1) is 13.8 Å². The van der Waals surface area contributed by atoms with Crippen molar-refractivity contribution in [2.45, 2.75) is 79.1 Å². The van der Waals surface area contributed by atoms with Gasteiger partial charge in [0.15, 0.2) is 0 Å². The number of fused-ring (bicyclic) bond motifs is 1. The van der Waals surface area contributed by atoms with Crippen LogP contribution in [0.1, 0.15) is 87.8 Å².